The van der Waals surface area contributed by atoms with Crippen molar-refractivity contribution >= 4 is 11.9 Å². The molecule has 2 aromatic rings. The van der Waals surface area contributed by atoms with Crippen LogP contribution in [0.25, 0.3) is 5.69 Å². The number of amides is 1. The SMILES string of the molecule is NC(=O)C1CCCN(c2nnnn2-c2ccccc2)C1. The Hall–Kier alpha value is -2.44. The fraction of sp³-hybridized carbons (Fsp3) is 0.385. The van der Waals surface area contributed by atoms with Gasteiger partial charge in [0, 0.05) is 13.1 Å². The highest BCUT2D eigenvalue weighted by atomic mass is 16.1. The van der Waals surface area contributed by atoms with Gasteiger partial charge in [0.1, 0.15) is 0 Å². The predicted molar refractivity (Wildman–Crippen MR) is 73.3 cm³/mol. The summed E-state index contributed by atoms with van der Waals surface area (Å²) in [7, 11) is 0. The van der Waals surface area contributed by atoms with Crippen LogP contribution in [0, 0.1) is 5.92 Å². The molecule has 104 valence electrons. The van der Waals surface area contributed by atoms with Gasteiger partial charge in [0.2, 0.25) is 11.9 Å². The molecule has 1 amide bonds. The minimum atomic E-state index is -0.256. The Bertz CT molecular complexity index is 596. The van der Waals surface area contributed by atoms with Gasteiger partial charge in [0.15, 0.2) is 0 Å². The fourth-order valence-electron chi connectivity index (χ4n) is 2.51. The molecule has 1 atom stereocenters. The molecule has 0 bridgehead atoms. The molecule has 0 radical (unpaired) electrons. The Labute approximate surface area is 116 Å². The third-order valence-corrected chi connectivity index (χ3v) is 3.56. The van der Waals surface area contributed by atoms with Gasteiger partial charge in [-0.05, 0) is 35.4 Å². The molecule has 1 aliphatic rings. The second-order valence-corrected chi connectivity index (χ2v) is 4.91. The molecule has 20 heavy (non-hydrogen) atoms. The first-order valence-corrected chi connectivity index (χ1v) is 6.64. The van der Waals surface area contributed by atoms with Gasteiger partial charge >= 0.3 is 0 Å². The van der Waals surface area contributed by atoms with Crippen LogP contribution in [-0.2, 0) is 4.79 Å². The zero-order chi connectivity index (χ0) is 13.9. The summed E-state index contributed by atoms with van der Waals surface area (Å²) in [6.07, 6.45) is 1.74. The summed E-state index contributed by atoms with van der Waals surface area (Å²) in [5.74, 6) is 0.264. The van der Waals surface area contributed by atoms with Gasteiger partial charge < -0.3 is 10.6 Å². The minimum Gasteiger partial charge on any atom is -0.369 e. The number of piperidine rings is 1. The molecule has 2 heterocycles. The lowest BCUT2D eigenvalue weighted by Gasteiger charge is -2.31. The number of nitrogens with two attached hydrogens (primary N) is 1. The number of benzene rings is 1. The third-order valence-electron chi connectivity index (χ3n) is 3.56. The van der Waals surface area contributed by atoms with Crippen molar-refractivity contribution in [1.82, 2.24) is 20.2 Å². The van der Waals surface area contributed by atoms with E-state index < -0.39 is 0 Å². The van der Waals surface area contributed by atoms with Crippen molar-refractivity contribution in [2.24, 2.45) is 11.7 Å². The lowest BCUT2D eigenvalue weighted by molar-refractivity contribution is -0.122. The van der Waals surface area contributed by atoms with Crippen molar-refractivity contribution in [2.75, 3.05) is 18.0 Å². The largest absolute Gasteiger partial charge is 0.369 e. The van der Waals surface area contributed by atoms with Crippen LogP contribution in [0.1, 0.15) is 12.8 Å². The van der Waals surface area contributed by atoms with E-state index in [9.17, 15) is 4.79 Å². The van der Waals surface area contributed by atoms with Crippen LogP contribution in [-0.4, -0.2) is 39.2 Å². The normalized spacial score (nSPS) is 19.0. The average molecular weight is 272 g/mol. The van der Waals surface area contributed by atoms with E-state index >= 15 is 0 Å². The quantitative estimate of drug-likeness (QED) is 0.871. The lowest BCUT2D eigenvalue weighted by Crippen LogP contribution is -2.42. The van der Waals surface area contributed by atoms with Gasteiger partial charge in [-0.15, -0.1) is 0 Å². The molecule has 1 aliphatic heterocycles. The van der Waals surface area contributed by atoms with Gasteiger partial charge in [-0.3, -0.25) is 4.79 Å². The smallest absolute Gasteiger partial charge is 0.250 e. The van der Waals surface area contributed by atoms with Gasteiger partial charge in [0.05, 0.1) is 11.6 Å². The van der Waals surface area contributed by atoms with Gasteiger partial charge in [-0.2, -0.15) is 4.68 Å². The zero-order valence-electron chi connectivity index (χ0n) is 11.0. The second-order valence-electron chi connectivity index (χ2n) is 4.91. The average Bonchev–Trinajstić information content (AvgIpc) is 2.98. The van der Waals surface area contributed by atoms with Crippen molar-refractivity contribution in [2.45, 2.75) is 12.8 Å². The maximum absolute atomic E-state index is 11.4. The maximum atomic E-state index is 11.4. The van der Waals surface area contributed by atoms with Gasteiger partial charge in [-0.25, -0.2) is 0 Å². The molecular formula is C13H16N6O. The van der Waals surface area contributed by atoms with E-state index in [-0.39, 0.29) is 11.8 Å². The molecule has 1 aromatic carbocycles. The highest BCUT2D eigenvalue weighted by molar-refractivity contribution is 5.77. The Balaban J connectivity index is 1.88. The molecule has 1 unspecified atom stereocenters. The molecule has 0 aliphatic carbocycles. The van der Waals surface area contributed by atoms with Crippen molar-refractivity contribution in [3.05, 3.63) is 30.3 Å². The summed E-state index contributed by atoms with van der Waals surface area (Å²) in [5, 5.41) is 11.9. The number of primary amides is 1. The van der Waals surface area contributed by atoms with E-state index in [1.165, 1.54) is 0 Å². The summed E-state index contributed by atoms with van der Waals surface area (Å²) >= 11 is 0. The van der Waals surface area contributed by atoms with Crippen LogP contribution in [0.3, 0.4) is 0 Å². The summed E-state index contributed by atoms with van der Waals surface area (Å²) in [6, 6.07) is 9.69. The van der Waals surface area contributed by atoms with Crippen LogP contribution in [0.4, 0.5) is 5.95 Å². The van der Waals surface area contributed by atoms with Crippen molar-refractivity contribution in [3.8, 4) is 5.69 Å². The van der Waals surface area contributed by atoms with Gasteiger partial charge in [0.25, 0.3) is 0 Å². The van der Waals surface area contributed by atoms with E-state index in [1.54, 1.807) is 4.68 Å². The van der Waals surface area contributed by atoms with Crippen molar-refractivity contribution in [3.63, 3.8) is 0 Å². The van der Waals surface area contributed by atoms with E-state index in [1.807, 2.05) is 35.2 Å². The maximum Gasteiger partial charge on any atom is 0.250 e. The fourth-order valence-corrected chi connectivity index (χ4v) is 2.51. The number of tetrazole rings is 1. The molecular weight excluding hydrogens is 256 g/mol. The number of carbonyl (C=O) groups excluding carboxylic acids is 1. The molecule has 1 aromatic heterocycles. The van der Waals surface area contributed by atoms with Crippen LogP contribution >= 0.6 is 0 Å². The number of anilines is 1. The molecule has 2 N–H and O–H groups in total. The lowest BCUT2D eigenvalue weighted by atomic mass is 9.98. The van der Waals surface area contributed by atoms with E-state index in [0.717, 1.165) is 25.1 Å². The summed E-state index contributed by atoms with van der Waals surface area (Å²) in [5.41, 5.74) is 6.30. The number of nitrogens with zero attached hydrogens (tertiary/aromatic N) is 5. The number of rotatable bonds is 3. The van der Waals surface area contributed by atoms with Crippen LogP contribution in [0.5, 0.6) is 0 Å². The number of aromatic nitrogens is 4. The van der Waals surface area contributed by atoms with E-state index in [2.05, 4.69) is 15.5 Å². The molecule has 0 spiro atoms. The highest BCUT2D eigenvalue weighted by Gasteiger charge is 2.27. The molecule has 1 fully saturated rings. The standard InChI is InChI=1S/C13H16N6O/c14-12(20)10-5-4-8-18(9-10)13-15-16-17-19(13)11-6-2-1-3-7-11/h1-3,6-7,10H,4-5,8-9H2,(H2,14,20). The Morgan fingerprint density at radius 2 is 2.10 bits per heavy atom. The van der Waals surface area contributed by atoms with E-state index in [4.69, 9.17) is 5.73 Å². The topological polar surface area (TPSA) is 89.9 Å². The predicted octanol–water partition coefficient (Wildman–Crippen LogP) is 0.364. The van der Waals surface area contributed by atoms with Crippen molar-refractivity contribution < 1.29 is 4.79 Å². The highest BCUT2D eigenvalue weighted by Crippen LogP contribution is 2.22. The van der Waals surface area contributed by atoms with Gasteiger partial charge in [-0.1, -0.05) is 23.3 Å². The summed E-state index contributed by atoms with van der Waals surface area (Å²) < 4.78 is 1.68. The van der Waals surface area contributed by atoms with E-state index in [0.29, 0.717) is 12.5 Å². The zero-order valence-corrected chi connectivity index (χ0v) is 11.0. The first-order valence-electron chi connectivity index (χ1n) is 6.64. The first kappa shape index (κ1) is 12.6. The van der Waals surface area contributed by atoms with Crippen LogP contribution in [0.2, 0.25) is 0 Å². The molecule has 7 nitrogen and oxygen atoms in total. The Morgan fingerprint density at radius 3 is 2.85 bits per heavy atom. The molecule has 0 saturated carbocycles. The third kappa shape index (κ3) is 2.34. The molecule has 1 saturated heterocycles. The number of para-hydroxylation sites is 1. The first-order chi connectivity index (χ1) is 9.75. The molecule has 7 heteroatoms. The van der Waals surface area contributed by atoms with Crippen LogP contribution in [0.15, 0.2) is 30.3 Å². The number of hydrogen-bond acceptors (Lipinski definition) is 5. The van der Waals surface area contributed by atoms with Crippen LogP contribution < -0.4 is 10.6 Å². The summed E-state index contributed by atoms with van der Waals surface area (Å²) in [6.45, 7) is 1.40. The molecule has 3 rings (SSSR count). The Kier molecular flexibility index (Phi) is 3.32. The second kappa shape index (κ2) is 5.28. The summed E-state index contributed by atoms with van der Waals surface area (Å²) in [4.78, 5) is 13.4. The number of carbonyl (C=O) groups is 1. The van der Waals surface area contributed by atoms with Crippen molar-refractivity contribution in [1.29, 1.82) is 0 Å². The minimum absolute atomic E-state index is 0.135. The monoisotopic (exact) mass is 272 g/mol. The number of hydrogen-bond donors (Lipinski definition) is 1. The Morgan fingerprint density at radius 1 is 1.30 bits per heavy atom.